The fourth-order valence-corrected chi connectivity index (χ4v) is 10.2. The molecule has 4 aliphatic rings. The molecule has 3 N–H and O–H groups in total. The van der Waals surface area contributed by atoms with E-state index in [0.29, 0.717) is 29.6 Å². The minimum atomic E-state index is -0.333. The van der Waals surface area contributed by atoms with Gasteiger partial charge in [0.05, 0.1) is 18.3 Å². The summed E-state index contributed by atoms with van der Waals surface area (Å²) in [5, 5.41) is 33.9. The Morgan fingerprint density at radius 3 is 2.13 bits per heavy atom. The summed E-state index contributed by atoms with van der Waals surface area (Å²) in [5.74, 6) is 2.24. The van der Waals surface area contributed by atoms with Gasteiger partial charge in [0.1, 0.15) is 0 Å². The van der Waals surface area contributed by atoms with Crippen molar-refractivity contribution >= 4 is 5.57 Å². The highest BCUT2D eigenvalue weighted by Gasteiger charge is 2.65. The van der Waals surface area contributed by atoms with Crippen LogP contribution in [0.15, 0.2) is 66.7 Å². The van der Waals surface area contributed by atoms with Crippen LogP contribution in [0.4, 0.5) is 0 Å². The van der Waals surface area contributed by atoms with E-state index in [1.54, 1.807) is 0 Å². The Balaban J connectivity index is 1.26. The standard InChI is InChI=1S/C36H48O3/c1-23(14-15-28(24-10-6-4-7-11-24)25-12-8-5-9-13-25)29-16-17-30-34-31(22-33(39)36(29,30)3)35(2)19-18-27(37)20-26(35)21-32(34)38/h4-13,15,23,26-27,29-34,37-39H,14,16-22H2,1-3H3/t23-,26-,27+,29+,30?,31?,32+,33-,34?,35-,36+/m0/s1. The second-order valence-electron chi connectivity index (χ2n) is 14.1. The number of hydrogen-bond donors (Lipinski definition) is 3. The van der Waals surface area contributed by atoms with Crippen molar-refractivity contribution in [2.75, 3.05) is 0 Å². The van der Waals surface area contributed by atoms with Gasteiger partial charge in [0.15, 0.2) is 0 Å². The van der Waals surface area contributed by atoms with E-state index < -0.39 is 0 Å². The lowest BCUT2D eigenvalue weighted by Crippen LogP contribution is -2.62. The molecule has 210 valence electrons. The fourth-order valence-electron chi connectivity index (χ4n) is 10.2. The van der Waals surface area contributed by atoms with Gasteiger partial charge in [0, 0.05) is 0 Å². The van der Waals surface area contributed by atoms with Gasteiger partial charge in [-0.1, -0.05) is 87.5 Å². The van der Waals surface area contributed by atoms with Crippen LogP contribution in [0.3, 0.4) is 0 Å². The molecule has 3 heteroatoms. The van der Waals surface area contributed by atoms with E-state index in [1.807, 2.05) is 0 Å². The molecule has 0 saturated heterocycles. The van der Waals surface area contributed by atoms with E-state index in [1.165, 1.54) is 16.7 Å². The Morgan fingerprint density at radius 1 is 0.846 bits per heavy atom. The van der Waals surface area contributed by atoms with Gasteiger partial charge in [-0.25, -0.2) is 0 Å². The van der Waals surface area contributed by atoms with Crippen LogP contribution in [0.5, 0.6) is 0 Å². The number of aliphatic hydroxyl groups is 3. The normalized spacial score (nSPS) is 42.1. The van der Waals surface area contributed by atoms with Gasteiger partial charge in [0.2, 0.25) is 0 Å². The van der Waals surface area contributed by atoms with E-state index in [0.717, 1.165) is 51.4 Å². The van der Waals surface area contributed by atoms with Gasteiger partial charge in [-0.15, -0.1) is 0 Å². The minimum Gasteiger partial charge on any atom is -0.393 e. The first kappa shape index (κ1) is 27.2. The summed E-state index contributed by atoms with van der Waals surface area (Å²) < 4.78 is 0. The average molecular weight is 529 g/mol. The first-order chi connectivity index (χ1) is 18.7. The summed E-state index contributed by atoms with van der Waals surface area (Å²) in [6.07, 6.45) is 9.09. The Bertz CT molecular complexity index is 1120. The highest BCUT2D eigenvalue weighted by Crippen LogP contribution is 2.68. The van der Waals surface area contributed by atoms with E-state index >= 15 is 0 Å². The van der Waals surface area contributed by atoms with Crippen LogP contribution in [0.2, 0.25) is 0 Å². The van der Waals surface area contributed by atoms with Crippen molar-refractivity contribution in [3.63, 3.8) is 0 Å². The molecule has 6 rings (SSSR count). The zero-order valence-corrected chi connectivity index (χ0v) is 24.0. The van der Waals surface area contributed by atoms with Crippen LogP contribution in [-0.4, -0.2) is 33.6 Å². The van der Waals surface area contributed by atoms with Crippen molar-refractivity contribution in [3.8, 4) is 0 Å². The third-order valence-corrected chi connectivity index (χ3v) is 12.4. The molecule has 4 saturated carbocycles. The van der Waals surface area contributed by atoms with Crippen LogP contribution in [-0.2, 0) is 0 Å². The molecule has 0 amide bonds. The summed E-state index contributed by atoms with van der Waals surface area (Å²) in [6.45, 7) is 7.16. The molecule has 4 aliphatic carbocycles. The van der Waals surface area contributed by atoms with Gasteiger partial charge in [0.25, 0.3) is 0 Å². The van der Waals surface area contributed by atoms with E-state index in [4.69, 9.17) is 0 Å². The maximum Gasteiger partial charge on any atom is 0.0602 e. The van der Waals surface area contributed by atoms with Crippen LogP contribution in [0, 0.1) is 46.3 Å². The quantitative estimate of drug-likeness (QED) is 0.388. The van der Waals surface area contributed by atoms with Crippen LogP contribution in [0.1, 0.15) is 83.3 Å². The lowest BCUT2D eigenvalue weighted by atomic mass is 9.43. The SMILES string of the molecule is C[C@@H](CC=C(c1ccccc1)c1ccccc1)[C@H]1CCC2C3C(C[C@H](O)[C@@]21C)[C@@]1(C)CC[C@@H](O)C[C@H]1C[C@H]3O. The number of allylic oxidation sites excluding steroid dienone is 1. The first-order valence-electron chi connectivity index (χ1n) is 15.6. The van der Waals surface area contributed by atoms with Crippen molar-refractivity contribution in [2.45, 2.75) is 90.4 Å². The van der Waals surface area contributed by atoms with Crippen molar-refractivity contribution in [1.82, 2.24) is 0 Å². The van der Waals surface area contributed by atoms with Crippen molar-refractivity contribution in [2.24, 2.45) is 46.3 Å². The minimum absolute atomic E-state index is 0.123. The Kier molecular flexibility index (Phi) is 7.31. The highest BCUT2D eigenvalue weighted by molar-refractivity contribution is 5.79. The zero-order chi connectivity index (χ0) is 27.4. The second kappa shape index (κ2) is 10.5. The monoisotopic (exact) mass is 528 g/mol. The summed E-state index contributed by atoms with van der Waals surface area (Å²) >= 11 is 0. The molecular formula is C36H48O3. The molecule has 11 atom stereocenters. The predicted molar refractivity (Wildman–Crippen MR) is 158 cm³/mol. The van der Waals surface area contributed by atoms with Crippen LogP contribution >= 0.6 is 0 Å². The molecular weight excluding hydrogens is 480 g/mol. The third-order valence-electron chi connectivity index (χ3n) is 12.4. The number of fused-ring (bicyclic) bond motifs is 5. The summed E-state index contributed by atoms with van der Waals surface area (Å²) in [5.41, 5.74) is 3.74. The first-order valence-corrected chi connectivity index (χ1v) is 15.6. The van der Waals surface area contributed by atoms with Crippen molar-refractivity contribution < 1.29 is 15.3 Å². The zero-order valence-electron chi connectivity index (χ0n) is 24.0. The van der Waals surface area contributed by atoms with Crippen LogP contribution in [0.25, 0.3) is 5.57 Å². The Hall–Kier alpha value is -1.94. The van der Waals surface area contributed by atoms with E-state index in [-0.39, 0.29) is 35.1 Å². The van der Waals surface area contributed by atoms with Crippen molar-refractivity contribution in [3.05, 3.63) is 77.9 Å². The molecule has 3 nitrogen and oxygen atoms in total. The summed E-state index contributed by atoms with van der Waals surface area (Å²) in [4.78, 5) is 0. The fraction of sp³-hybridized carbons (Fsp3) is 0.611. The average Bonchev–Trinajstić information content (AvgIpc) is 3.30. The molecule has 0 spiro atoms. The molecule has 0 radical (unpaired) electrons. The number of hydrogen-bond acceptors (Lipinski definition) is 3. The second-order valence-corrected chi connectivity index (χ2v) is 14.1. The molecule has 2 aromatic rings. The van der Waals surface area contributed by atoms with Gasteiger partial charge >= 0.3 is 0 Å². The molecule has 0 bridgehead atoms. The molecule has 4 fully saturated rings. The van der Waals surface area contributed by atoms with Crippen LogP contribution < -0.4 is 0 Å². The number of rotatable bonds is 5. The topological polar surface area (TPSA) is 60.7 Å². The molecule has 39 heavy (non-hydrogen) atoms. The van der Waals surface area contributed by atoms with Gasteiger partial charge in [-0.3, -0.25) is 0 Å². The molecule has 0 aliphatic heterocycles. The molecule has 0 aromatic heterocycles. The molecule has 0 heterocycles. The third kappa shape index (κ3) is 4.53. The van der Waals surface area contributed by atoms with Crippen molar-refractivity contribution in [1.29, 1.82) is 0 Å². The Labute approximate surface area is 235 Å². The molecule has 3 unspecified atom stereocenters. The Morgan fingerprint density at radius 2 is 1.49 bits per heavy atom. The van der Waals surface area contributed by atoms with E-state index in [2.05, 4.69) is 87.5 Å². The maximum absolute atomic E-state index is 11.9. The number of benzene rings is 2. The van der Waals surface area contributed by atoms with E-state index in [9.17, 15) is 15.3 Å². The maximum atomic E-state index is 11.9. The van der Waals surface area contributed by atoms with Gasteiger partial charge in [-0.05, 0) is 114 Å². The molecule has 2 aromatic carbocycles. The lowest BCUT2D eigenvalue weighted by Gasteiger charge is -2.63. The summed E-state index contributed by atoms with van der Waals surface area (Å²) in [6, 6.07) is 21.4. The van der Waals surface area contributed by atoms with Gasteiger partial charge in [-0.2, -0.15) is 0 Å². The lowest BCUT2D eigenvalue weighted by molar-refractivity contribution is -0.206. The summed E-state index contributed by atoms with van der Waals surface area (Å²) in [7, 11) is 0. The highest BCUT2D eigenvalue weighted by atomic mass is 16.3. The van der Waals surface area contributed by atoms with Gasteiger partial charge < -0.3 is 15.3 Å². The smallest absolute Gasteiger partial charge is 0.0602 e. The predicted octanol–water partition coefficient (Wildman–Crippen LogP) is 7.11. The largest absolute Gasteiger partial charge is 0.393 e. The number of aliphatic hydroxyl groups excluding tert-OH is 3.